The van der Waals surface area contributed by atoms with Gasteiger partial charge < -0.3 is 0 Å². The van der Waals surface area contributed by atoms with Gasteiger partial charge in [0.05, 0.1) is 12.0 Å². The molecule has 0 aliphatic heterocycles. The van der Waals surface area contributed by atoms with E-state index in [1.165, 1.54) is 21.6 Å². The van der Waals surface area contributed by atoms with Gasteiger partial charge in [-0.15, -0.1) is 11.3 Å². The number of rotatable bonds is 0. The number of fused-ring (bicyclic) bond motifs is 3. The normalized spacial score (nSPS) is 23.2. The van der Waals surface area contributed by atoms with E-state index < -0.39 is 0 Å². The van der Waals surface area contributed by atoms with Gasteiger partial charge >= 0.3 is 0 Å². The number of nitriles is 1. The lowest BCUT2D eigenvalue weighted by Crippen LogP contribution is -2.16. The van der Waals surface area contributed by atoms with Crippen LogP contribution in [0.5, 0.6) is 0 Å². The van der Waals surface area contributed by atoms with Crippen molar-refractivity contribution in [2.24, 2.45) is 5.92 Å². The molecule has 0 radical (unpaired) electrons. The molecular formula is C11H7NS. The van der Waals surface area contributed by atoms with E-state index in [0.29, 0.717) is 0 Å². The highest BCUT2D eigenvalue weighted by Crippen LogP contribution is 2.44. The van der Waals surface area contributed by atoms with Crippen LogP contribution < -0.4 is 0 Å². The number of nitrogens with zero attached hydrogens (tertiary/aromatic N) is 1. The van der Waals surface area contributed by atoms with Crippen LogP contribution in [0.3, 0.4) is 0 Å². The van der Waals surface area contributed by atoms with Crippen molar-refractivity contribution in [3.8, 4) is 6.07 Å². The standard InChI is InChI=1S/C11H7NS/c12-6-7-5-11-10(3-4-13-11)9-2-1-8(7)9/h1-4,7H,5H2. The van der Waals surface area contributed by atoms with Gasteiger partial charge in [0.1, 0.15) is 0 Å². The molecule has 3 rings (SSSR count). The Hall–Kier alpha value is -1.33. The topological polar surface area (TPSA) is 23.8 Å². The van der Waals surface area contributed by atoms with E-state index in [-0.39, 0.29) is 5.92 Å². The second-order valence-corrected chi connectivity index (χ2v) is 4.35. The Morgan fingerprint density at radius 2 is 2.38 bits per heavy atom. The number of hydrogen-bond donors (Lipinski definition) is 0. The van der Waals surface area contributed by atoms with E-state index >= 15 is 0 Å². The molecule has 0 N–H and O–H groups in total. The molecule has 0 amide bonds. The maximum absolute atomic E-state index is 8.96. The van der Waals surface area contributed by atoms with Crippen LogP contribution in [0.2, 0.25) is 0 Å². The van der Waals surface area contributed by atoms with Crippen LogP contribution in [0.4, 0.5) is 0 Å². The molecule has 1 heterocycles. The highest BCUT2D eigenvalue weighted by molar-refractivity contribution is 7.10. The third-order valence-corrected chi connectivity index (χ3v) is 3.64. The van der Waals surface area contributed by atoms with Gasteiger partial charge in [0.25, 0.3) is 0 Å². The molecular weight excluding hydrogens is 178 g/mol. The minimum Gasteiger partial charge on any atom is -0.198 e. The Labute approximate surface area is 80.6 Å². The molecule has 1 aromatic heterocycles. The summed E-state index contributed by atoms with van der Waals surface area (Å²) in [6.45, 7) is 0. The molecule has 0 saturated carbocycles. The zero-order chi connectivity index (χ0) is 8.84. The van der Waals surface area contributed by atoms with Crippen LogP contribution >= 0.6 is 11.3 Å². The fraction of sp³-hybridized carbons (Fsp3) is 0.182. The van der Waals surface area contributed by atoms with Crippen LogP contribution in [0.25, 0.3) is 5.57 Å². The molecule has 0 aromatic carbocycles. The van der Waals surface area contributed by atoms with E-state index in [9.17, 15) is 0 Å². The van der Waals surface area contributed by atoms with Gasteiger partial charge in [-0.25, -0.2) is 0 Å². The van der Waals surface area contributed by atoms with Gasteiger partial charge in [-0.3, -0.25) is 0 Å². The van der Waals surface area contributed by atoms with E-state index in [4.69, 9.17) is 5.26 Å². The molecule has 2 aliphatic carbocycles. The molecule has 0 saturated heterocycles. The first-order valence-corrected chi connectivity index (χ1v) is 5.16. The number of thiophene rings is 1. The molecule has 13 heavy (non-hydrogen) atoms. The molecule has 0 bridgehead atoms. The van der Waals surface area contributed by atoms with Crippen molar-refractivity contribution < 1.29 is 0 Å². The van der Waals surface area contributed by atoms with Gasteiger partial charge in [-0.1, -0.05) is 12.2 Å². The largest absolute Gasteiger partial charge is 0.198 e. The van der Waals surface area contributed by atoms with E-state index in [2.05, 4.69) is 29.7 Å². The zero-order valence-corrected chi connectivity index (χ0v) is 7.77. The van der Waals surface area contributed by atoms with E-state index in [1.54, 1.807) is 11.3 Å². The van der Waals surface area contributed by atoms with Crippen molar-refractivity contribution in [2.75, 3.05) is 0 Å². The summed E-state index contributed by atoms with van der Waals surface area (Å²) in [4.78, 5) is 1.37. The lowest BCUT2D eigenvalue weighted by atomic mass is 9.76. The lowest BCUT2D eigenvalue weighted by molar-refractivity contribution is 0.778. The fourth-order valence-corrected chi connectivity index (χ4v) is 2.90. The SMILES string of the molecule is N#CC1Cc2sccc2C2=CC=C21. The predicted octanol–water partition coefficient (Wildman–Crippen LogP) is 2.77. The molecule has 1 aromatic rings. The molecule has 1 nitrogen and oxygen atoms in total. The Morgan fingerprint density at radius 3 is 3.08 bits per heavy atom. The molecule has 62 valence electrons. The Kier molecular flexibility index (Phi) is 1.28. The maximum Gasteiger partial charge on any atom is 0.0767 e. The monoisotopic (exact) mass is 185 g/mol. The highest BCUT2D eigenvalue weighted by atomic mass is 32.1. The second kappa shape index (κ2) is 2.34. The summed E-state index contributed by atoms with van der Waals surface area (Å²) in [7, 11) is 0. The first kappa shape index (κ1) is 7.11. The van der Waals surface area contributed by atoms with E-state index in [1.807, 2.05) is 0 Å². The summed E-state index contributed by atoms with van der Waals surface area (Å²) in [5, 5.41) is 11.1. The van der Waals surface area contributed by atoms with Crippen molar-refractivity contribution in [3.63, 3.8) is 0 Å². The van der Waals surface area contributed by atoms with Crippen molar-refractivity contribution in [1.82, 2.24) is 0 Å². The summed E-state index contributed by atoms with van der Waals surface area (Å²) < 4.78 is 0. The van der Waals surface area contributed by atoms with Crippen molar-refractivity contribution in [2.45, 2.75) is 6.42 Å². The Bertz CT molecular complexity index is 471. The summed E-state index contributed by atoms with van der Waals surface area (Å²) >= 11 is 1.76. The molecule has 0 fully saturated rings. The first-order chi connectivity index (χ1) is 6.40. The van der Waals surface area contributed by atoms with Gasteiger partial charge in [-0.2, -0.15) is 5.26 Å². The van der Waals surface area contributed by atoms with Crippen LogP contribution in [0.1, 0.15) is 10.4 Å². The Morgan fingerprint density at radius 1 is 1.46 bits per heavy atom. The average Bonchev–Trinajstić information content (AvgIpc) is 2.50. The van der Waals surface area contributed by atoms with Gasteiger partial charge in [0, 0.05) is 11.3 Å². The van der Waals surface area contributed by atoms with E-state index in [0.717, 1.165) is 6.42 Å². The minimum atomic E-state index is 0.103. The first-order valence-electron chi connectivity index (χ1n) is 4.29. The molecule has 0 spiro atoms. The van der Waals surface area contributed by atoms with Gasteiger partial charge in [0.15, 0.2) is 0 Å². The smallest absolute Gasteiger partial charge is 0.0767 e. The van der Waals surface area contributed by atoms with Gasteiger partial charge in [0.2, 0.25) is 0 Å². The van der Waals surface area contributed by atoms with Crippen molar-refractivity contribution in [1.29, 1.82) is 5.26 Å². The summed E-state index contributed by atoms with van der Waals surface area (Å²) in [6, 6.07) is 4.52. The maximum atomic E-state index is 8.96. The summed E-state index contributed by atoms with van der Waals surface area (Å²) in [6.07, 6.45) is 5.10. The highest BCUT2D eigenvalue weighted by Gasteiger charge is 2.30. The average molecular weight is 185 g/mol. The third kappa shape index (κ3) is 0.800. The van der Waals surface area contributed by atoms with Gasteiger partial charge in [-0.05, 0) is 28.2 Å². The quantitative estimate of drug-likeness (QED) is 0.609. The van der Waals surface area contributed by atoms with Crippen LogP contribution in [0, 0.1) is 17.2 Å². The number of hydrogen-bond acceptors (Lipinski definition) is 2. The third-order valence-electron chi connectivity index (χ3n) is 2.70. The minimum absolute atomic E-state index is 0.103. The fourth-order valence-electron chi connectivity index (χ4n) is 1.96. The Balaban J connectivity index is 2.16. The summed E-state index contributed by atoms with van der Waals surface area (Å²) in [5.41, 5.74) is 3.90. The zero-order valence-electron chi connectivity index (χ0n) is 6.95. The van der Waals surface area contributed by atoms with Crippen LogP contribution in [-0.2, 0) is 6.42 Å². The number of allylic oxidation sites excluding steroid dienone is 4. The molecule has 1 unspecified atom stereocenters. The molecule has 1 atom stereocenters. The summed E-state index contributed by atoms with van der Waals surface area (Å²) in [5.74, 6) is 0.103. The predicted molar refractivity (Wildman–Crippen MR) is 53.2 cm³/mol. The van der Waals surface area contributed by atoms with Crippen molar-refractivity contribution >= 4 is 16.9 Å². The molecule has 2 heteroatoms. The van der Waals surface area contributed by atoms with Crippen LogP contribution in [0.15, 0.2) is 29.2 Å². The molecule has 2 aliphatic rings. The second-order valence-electron chi connectivity index (χ2n) is 3.35. The van der Waals surface area contributed by atoms with Crippen LogP contribution in [-0.4, -0.2) is 0 Å². The lowest BCUT2D eigenvalue weighted by Gasteiger charge is -2.27. The van der Waals surface area contributed by atoms with Crippen molar-refractivity contribution in [3.05, 3.63) is 39.6 Å².